The Morgan fingerprint density at radius 1 is 1.24 bits per heavy atom. The maximum atomic E-state index is 12.2. The van der Waals surface area contributed by atoms with Gasteiger partial charge in [0.05, 0.1) is 4.90 Å². The highest BCUT2D eigenvalue weighted by atomic mass is 32.2. The Kier molecular flexibility index (Phi) is 6.77. The number of carbonyl (C=O) groups is 2. The van der Waals surface area contributed by atoms with E-state index >= 15 is 0 Å². The van der Waals surface area contributed by atoms with Gasteiger partial charge in [0.1, 0.15) is 0 Å². The molecule has 0 spiro atoms. The number of hydrogen-bond acceptors (Lipinski definition) is 5. The van der Waals surface area contributed by atoms with Crippen molar-refractivity contribution in [1.82, 2.24) is 10.0 Å². The van der Waals surface area contributed by atoms with E-state index in [2.05, 4.69) is 15.4 Å². The highest BCUT2D eigenvalue weighted by Gasteiger charge is 2.20. The molecule has 1 aromatic rings. The van der Waals surface area contributed by atoms with Gasteiger partial charge in [-0.2, -0.15) is 0 Å². The van der Waals surface area contributed by atoms with E-state index in [1.54, 1.807) is 0 Å². The molecule has 1 aromatic carbocycles. The summed E-state index contributed by atoms with van der Waals surface area (Å²) in [5, 5.41) is 4.91. The molecular formula is C16H23N3O5S. The summed E-state index contributed by atoms with van der Waals surface area (Å²) < 4.78 is 31.9. The highest BCUT2D eigenvalue weighted by molar-refractivity contribution is 7.90. The van der Waals surface area contributed by atoms with Crippen molar-refractivity contribution in [3.8, 4) is 0 Å². The summed E-state index contributed by atoms with van der Waals surface area (Å²) in [5.41, 5.74) is 0.446. The molecule has 1 heterocycles. The number of urea groups is 1. The van der Waals surface area contributed by atoms with Gasteiger partial charge in [-0.15, -0.1) is 0 Å². The number of rotatable bonds is 6. The average molecular weight is 369 g/mol. The minimum absolute atomic E-state index is 0.0377. The Morgan fingerprint density at radius 3 is 2.56 bits per heavy atom. The Hall–Kier alpha value is -2.13. The first kappa shape index (κ1) is 19.2. The third kappa shape index (κ3) is 6.02. The molecule has 1 atom stereocenters. The van der Waals surface area contributed by atoms with Crippen LogP contribution in [0.25, 0.3) is 0 Å². The van der Waals surface area contributed by atoms with Crippen molar-refractivity contribution in [3.05, 3.63) is 24.3 Å². The number of hydrogen-bond donors (Lipinski definition) is 3. The van der Waals surface area contributed by atoms with E-state index in [0.29, 0.717) is 24.6 Å². The maximum Gasteiger partial charge on any atom is 0.318 e. The number of anilines is 1. The summed E-state index contributed by atoms with van der Waals surface area (Å²) in [7, 11) is -2.45. The second kappa shape index (κ2) is 8.82. The lowest BCUT2D eigenvalue weighted by molar-refractivity contribution is -0.119. The zero-order valence-corrected chi connectivity index (χ0v) is 14.9. The Labute approximate surface area is 147 Å². The molecule has 0 saturated carbocycles. The lowest BCUT2D eigenvalue weighted by atomic mass is 9.97. The van der Waals surface area contributed by atoms with Gasteiger partial charge in [0.15, 0.2) is 0 Å². The van der Waals surface area contributed by atoms with Crippen LogP contribution < -0.4 is 15.4 Å². The largest absolute Gasteiger partial charge is 0.381 e. The molecule has 2 rings (SSSR count). The zero-order valence-electron chi connectivity index (χ0n) is 14.1. The smallest absolute Gasteiger partial charge is 0.318 e. The van der Waals surface area contributed by atoms with Gasteiger partial charge in [0.25, 0.3) is 10.0 Å². The molecule has 1 unspecified atom stereocenters. The van der Waals surface area contributed by atoms with Crippen LogP contribution in [0.1, 0.15) is 25.7 Å². The van der Waals surface area contributed by atoms with Crippen LogP contribution in [0.15, 0.2) is 29.2 Å². The van der Waals surface area contributed by atoms with Crippen LogP contribution >= 0.6 is 0 Å². The molecule has 0 aromatic heterocycles. The number of carbonyl (C=O) groups excluding carboxylic acids is 2. The molecule has 1 fully saturated rings. The van der Waals surface area contributed by atoms with Crippen molar-refractivity contribution in [2.24, 2.45) is 5.92 Å². The molecule has 0 bridgehead atoms. The number of benzene rings is 1. The van der Waals surface area contributed by atoms with Crippen LogP contribution in [0, 0.1) is 5.92 Å². The molecule has 1 aliphatic heterocycles. The van der Waals surface area contributed by atoms with Gasteiger partial charge >= 0.3 is 6.03 Å². The number of amides is 3. The summed E-state index contributed by atoms with van der Waals surface area (Å²) in [4.78, 5) is 23.1. The lowest BCUT2D eigenvalue weighted by Gasteiger charge is -2.21. The number of nitrogens with one attached hydrogen (secondary N) is 3. The molecular weight excluding hydrogens is 346 g/mol. The maximum absolute atomic E-state index is 12.2. The van der Waals surface area contributed by atoms with E-state index in [4.69, 9.17) is 4.74 Å². The van der Waals surface area contributed by atoms with Crippen LogP contribution in [0.4, 0.5) is 10.5 Å². The van der Waals surface area contributed by atoms with E-state index in [-0.39, 0.29) is 11.3 Å². The summed E-state index contributed by atoms with van der Waals surface area (Å²) in [6, 6.07) is 5.16. The Morgan fingerprint density at radius 2 is 1.96 bits per heavy atom. The van der Waals surface area contributed by atoms with Crippen molar-refractivity contribution < 1.29 is 22.7 Å². The quantitative estimate of drug-likeness (QED) is 0.702. The topological polar surface area (TPSA) is 114 Å². The van der Waals surface area contributed by atoms with Crippen LogP contribution in [-0.4, -0.2) is 40.6 Å². The SMILES string of the molecule is CNC(=O)Nc1ccc(S(=O)(=O)NC(=O)CCC2CCCOC2)cc1. The van der Waals surface area contributed by atoms with Crippen molar-refractivity contribution in [2.45, 2.75) is 30.6 Å². The summed E-state index contributed by atoms with van der Waals surface area (Å²) in [5.74, 6) is -0.226. The molecule has 1 saturated heterocycles. The van der Waals surface area contributed by atoms with Gasteiger partial charge in [-0.25, -0.2) is 17.9 Å². The number of ether oxygens (including phenoxy) is 1. The van der Waals surface area contributed by atoms with Crippen LogP contribution in [0.2, 0.25) is 0 Å². The van der Waals surface area contributed by atoms with Crippen LogP contribution in [-0.2, 0) is 19.6 Å². The van der Waals surface area contributed by atoms with E-state index in [9.17, 15) is 18.0 Å². The first-order chi connectivity index (χ1) is 11.9. The molecule has 8 nitrogen and oxygen atoms in total. The molecule has 3 N–H and O–H groups in total. The molecule has 0 radical (unpaired) electrons. The second-order valence-corrected chi connectivity index (χ2v) is 7.56. The van der Waals surface area contributed by atoms with Gasteiger partial charge < -0.3 is 15.4 Å². The molecule has 3 amide bonds. The van der Waals surface area contributed by atoms with Crippen molar-refractivity contribution >= 4 is 27.6 Å². The van der Waals surface area contributed by atoms with Crippen molar-refractivity contribution in [3.63, 3.8) is 0 Å². The lowest BCUT2D eigenvalue weighted by Crippen LogP contribution is -2.31. The zero-order chi connectivity index (χ0) is 18.3. The Bertz CT molecular complexity index is 697. The van der Waals surface area contributed by atoms with Crippen LogP contribution in [0.3, 0.4) is 0 Å². The predicted octanol–water partition coefficient (Wildman–Crippen LogP) is 1.45. The van der Waals surface area contributed by atoms with Crippen molar-refractivity contribution in [2.75, 3.05) is 25.6 Å². The highest BCUT2D eigenvalue weighted by Crippen LogP contribution is 2.19. The molecule has 25 heavy (non-hydrogen) atoms. The molecule has 138 valence electrons. The minimum atomic E-state index is -3.92. The fraction of sp³-hybridized carbons (Fsp3) is 0.500. The second-order valence-electron chi connectivity index (χ2n) is 5.88. The average Bonchev–Trinajstić information content (AvgIpc) is 2.61. The molecule has 9 heteroatoms. The monoisotopic (exact) mass is 369 g/mol. The first-order valence-corrected chi connectivity index (χ1v) is 9.61. The third-order valence-corrected chi connectivity index (χ3v) is 5.32. The Balaban J connectivity index is 1.89. The first-order valence-electron chi connectivity index (χ1n) is 8.13. The standard InChI is InChI=1S/C16H23N3O5S/c1-17-16(21)18-13-5-7-14(8-6-13)25(22,23)19-15(20)9-4-12-3-2-10-24-11-12/h5-8,12H,2-4,9-11H2,1H3,(H,19,20)(H2,17,18,21). The van der Waals surface area contributed by atoms with E-state index < -0.39 is 22.0 Å². The van der Waals surface area contributed by atoms with Gasteiger partial charge in [-0.1, -0.05) is 0 Å². The van der Waals surface area contributed by atoms with E-state index in [1.165, 1.54) is 31.3 Å². The van der Waals surface area contributed by atoms with E-state index in [1.807, 2.05) is 0 Å². The van der Waals surface area contributed by atoms with Gasteiger partial charge in [0, 0.05) is 32.4 Å². The fourth-order valence-corrected chi connectivity index (χ4v) is 3.56. The fourth-order valence-electron chi connectivity index (χ4n) is 2.54. The van der Waals surface area contributed by atoms with Crippen LogP contribution in [0.5, 0.6) is 0 Å². The number of sulfonamides is 1. The summed E-state index contributed by atoms with van der Waals surface area (Å²) >= 11 is 0. The summed E-state index contributed by atoms with van der Waals surface area (Å²) in [6.07, 6.45) is 2.72. The predicted molar refractivity (Wildman–Crippen MR) is 92.6 cm³/mol. The minimum Gasteiger partial charge on any atom is -0.381 e. The molecule has 1 aliphatic rings. The van der Waals surface area contributed by atoms with E-state index in [0.717, 1.165) is 19.4 Å². The van der Waals surface area contributed by atoms with Gasteiger partial charge in [-0.3, -0.25) is 4.79 Å². The normalized spacial score (nSPS) is 17.6. The summed E-state index contributed by atoms with van der Waals surface area (Å²) in [6.45, 7) is 1.38. The van der Waals surface area contributed by atoms with Crippen molar-refractivity contribution in [1.29, 1.82) is 0 Å². The van der Waals surface area contributed by atoms with Gasteiger partial charge in [0.2, 0.25) is 5.91 Å². The third-order valence-electron chi connectivity index (χ3n) is 3.93. The molecule has 0 aliphatic carbocycles. The van der Waals surface area contributed by atoms with Gasteiger partial charge in [-0.05, 0) is 49.4 Å².